The molecule has 0 aromatic rings. The maximum atomic E-state index is 12.6. The Morgan fingerprint density at radius 2 is 1.21 bits per heavy atom. The quantitative estimate of drug-likeness (QED) is 0.0370. The van der Waals surface area contributed by atoms with Crippen molar-refractivity contribution >= 4 is 19.8 Å². The van der Waals surface area contributed by atoms with E-state index in [2.05, 4.69) is 38.2 Å². The molecule has 1 fully saturated rings. The van der Waals surface area contributed by atoms with Crippen molar-refractivity contribution in [3.63, 3.8) is 0 Å². The third-order valence-corrected chi connectivity index (χ3v) is 8.18. The molecule has 1 saturated carbocycles. The third kappa shape index (κ3) is 18.8. The second kappa shape index (κ2) is 24.9. The molecule has 6 atom stereocenters. The lowest BCUT2D eigenvalue weighted by Crippen LogP contribution is -2.64. The van der Waals surface area contributed by atoms with E-state index in [-0.39, 0.29) is 12.8 Å². The average Bonchev–Trinajstić information content (AvgIpc) is 3.04. The van der Waals surface area contributed by atoms with E-state index in [9.17, 15) is 44.6 Å². The summed E-state index contributed by atoms with van der Waals surface area (Å²) in [6, 6.07) is 0. The van der Waals surface area contributed by atoms with Crippen LogP contribution in [0.25, 0.3) is 0 Å². The van der Waals surface area contributed by atoms with Crippen molar-refractivity contribution in [3.05, 3.63) is 48.6 Å². The van der Waals surface area contributed by atoms with E-state index >= 15 is 0 Å². The van der Waals surface area contributed by atoms with Gasteiger partial charge in [0.25, 0.3) is 0 Å². The van der Waals surface area contributed by atoms with Gasteiger partial charge < -0.3 is 39.9 Å². The van der Waals surface area contributed by atoms with Gasteiger partial charge in [0.15, 0.2) is 6.10 Å². The van der Waals surface area contributed by atoms with Gasteiger partial charge in [0.1, 0.15) is 43.2 Å². The highest BCUT2D eigenvalue weighted by Gasteiger charge is 2.51. The molecule has 1 rings (SSSR count). The molecule has 6 unspecified atom stereocenters. The summed E-state index contributed by atoms with van der Waals surface area (Å²) in [4.78, 5) is 35.0. The standard InChI is InChI=1S/C33H55O13P/c1-3-5-7-9-10-11-12-13-14-15-16-18-20-22-27(35)45-25(23-43-26(34)21-19-17-8-6-4-2)24-44-47(41,42)46-33-31(39)29(37)28(36)30(38)32(33)40/h5,7,10-11,13-14,16,18,25,28-33,36-40H,3-4,6,8-9,12,15,17,19-24H2,1-2H3,(H,41,42)/b7-5-,11-10-,14-13-,18-16-. The Bertz CT molecular complexity index is 1030. The SMILES string of the molecule is CC/C=C\C/C=C\C/C=C\C/C=C\CCC(=O)OC(COC(=O)CCCCCCC)COP(=O)(O)OC1C(O)C(O)C(O)C(O)C1O. The Labute approximate surface area is 278 Å². The average molecular weight is 691 g/mol. The molecule has 14 heteroatoms. The first-order valence-electron chi connectivity index (χ1n) is 16.4. The van der Waals surface area contributed by atoms with Gasteiger partial charge in [0.2, 0.25) is 0 Å². The summed E-state index contributed by atoms with van der Waals surface area (Å²) in [5.74, 6) is -1.22. The van der Waals surface area contributed by atoms with E-state index in [1.807, 2.05) is 24.3 Å². The zero-order chi connectivity index (χ0) is 35.1. The number of phosphoric acid groups is 1. The smallest absolute Gasteiger partial charge is 0.462 e. The Hall–Kier alpha value is -2.19. The Kier molecular flexibility index (Phi) is 22.7. The van der Waals surface area contributed by atoms with Crippen molar-refractivity contribution in [3.8, 4) is 0 Å². The van der Waals surface area contributed by atoms with Crippen LogP contribution >= 0.6 is 7.82 Å². The molecule has 270 valence electrons. The molecule has 0 spiro atoms. The van der Waals surface area contributed by atoms with Crippen molar-refractivity contribution in [2.75, 3.05) is 13.2 Å². The van der Waals surface area contributed by atoms with Crippen molar-refractivity contribution in [2.45, 2.75) is 134 Å². The highest BCUT2D eigenvalue weighted by atomic mass is 31.2. The van der Waals surface area contributed by atoms with Crippen LogP contribution in [0.3, 0.4) is 0 Å². The molecular formula is C33H55O13P. The number of carbonyl (C=O) groups excluding carboxylic acids is 2. The molecule has 0 heterocycles. The predicted molar refractivity (Wildman–Crippen MR) is 175 cm³/mol. The normalized spacial score (nSPS) is 25.5. The minimum atomic E-state index is -5.11. The number of rotatable bonds is 24. The van der Waals surface area contributed by atoms with Crippen LogP contribution in [0.2, 0.25) is 0 Å². The number of unbranched alkanes of at least 4 members (excludes halogenated alkanes) is 4. The van der Waals surface area contributed by atoms with Crippen LogP contribution in [0.4, 0.5) is 0 Å². The molecule has 0 aromatic heterocycles. The van der Waals surface area contributed by atoms with Gasteiger partial charge in [-0.2, -0.15) is 0 Å². The van der Waals surface area contributed by atoms with Gasteiger partial charge in [-0.05, 0) is 38.5 Å². The third-order valence-electron chi connectivity index (χ3n) is 7.20. The second-order valence-corrected chi connectivity index (χ2v) is 12.7. The van der Waals surface area contributed by atoms with E-state index < -0.39 is 75.7 Å². The number of phosphoric ester groups is 1. The number of hydrogen-bond donors (Lipinski definition) is 6. The molecule has 13 nitrogen and oxygen atoms in total. The highest BCUT2D eigenvalue weighted by Crippen LogP contribution is 2.47. The lowest BCUT2D eigenvalue weighted by molar-refractivity contribution is -0.220. The van der Waals surface area contributed by atoms with Gasteiger partial charge in [-0.25, -0.2) is 4.57 Å². The van der Waals surface area contributed by atoms with Gasteiger partial charge >= 0.3 is 19.8 Å². The summed E-state index contributed by atoms with van der Waals surface area (Å²) in [5, 5.41) is 49.6. The first-order chi connectivity index (χ1) is 22.4. The highest BCUT2D eigenvalue weighted by molar-refractivity contribution is 7.47. The van der Waals surface area contributed by atoms with Crippen molar-refractivity contribution < 1.29 is 63.1 Å². The topological polar surface area (TPSA) is 210 Å². The minimum absolute atomic E-state index is 0.0258. The molecule has 0 saturated heterocycles. The van der Waals surface area contributed by atoms with Crippen LogP contribution in [0.1, 0.15) is 90.9 Å². The van der Waals surface area contributed by atoms with Gasteiger partial charge in [0.05, 0.1) is 6.61 Å². The summed E-state index contributed by atoms with van der Waals surface area (Å²) in [7, 11) is -5.11. The summed E-state index contributed by atoms with van der Waals surface area (Å²) >= 11 is 0. The van der Waals surface area contributed by atoms with E-state index in [0.29, 0.717) is 19.3 Å². The molecule has 0 aromatic carbocycles. The lowest BCUT2D eigenvalue weighted by atomic mass is 9.85. The maximum absolute atomic E-state index is 12.6. The summed E-state index contributed by atoms with van der Waals surface area (Å²) in [6.45, 7) is 2.93. The van der Waals surface area contributed by atoms with E-state index in [1.165, 1.54) is 0 Å². The minimum Gasteiger partial charge on any atom is -0.462 e. The first-order valence-corrected chi connectivity index (χ1v) is 17.9. The fourth-order valence-electron chi connectivity index (χ4n) is 4.47. The Balaban J connectivity index is 2.65. The zero-order valence-corrected chi connectivity index (χ0v) is 28.4. The monoisotopic (exact) mass is 690 g/mol. The number of ether oxygens (including phenoxy) is 2. The molecule has 6 N–H and O–H groups in total. The number of esters is 2. The van der Waals surface area contributed by atoms with Crippen molar-refractivity contribution in [1.29, 1.82) is 0 Å². The first kappa shape index (κ1) is 42.8. The van der Waals surface area contributed by atoms with Crippen LogP contribution in [0, 0.1) is 0 Å². The van der Waals surface area contributed by atoms with Crippen molar-refractivity contribution in [1.82, 2.24) is 0 Å². The predicted octanol–water partition coefficient (Wildman–Crippen LogP) is 3.71. The maximum Gasteiger partial charge on any atom is 0.472 e. The Morgan fingerprint density at radius 3 is 1.79 bits per heavy atom. The summed E-state index contributed by atoms with van der Waals surface area (Å²) in [5.41, 5.74) is 0. The van der Waals surface area contributed by atoms with Crippen LogP contribution in [-0.2, 0) is 32.7 Å². The van der Waals surface area contributed by atoms with Crippen LogP contribution in [-0.4, -0.2) is 98.3 Å². The molecule has 0 bridgehead atoms. The molecule has 0 amide bonds. The van der Waals surface area contributed by atoms with Crippen molar-refractivity contribution in [2.24, 2.45) is 0 Å². The number of allylic oxidation sites excluding steroid dienone is 8. The molecule has 0 radical (unpaired) electrons. The van der Waals surface area contributed by atoms with E-state index in [1.54, 1.807) is 0 Å². The molecule has 47 heavy (non-hydrogen) atoms. The van der Waals surface area contributed by atoms with Gasteiger partial charge in [-0.3, -0.25) is 18.6 Å². The van der Waals surface area contributed by atoms with Crippen LogP contribution in [0.15, 0.2) is 48.6 Å². The van der Waals surface area contributed by atoms with E-state index in [0.717, 1.165) is 44.9 Å². The number of hydrogen-bond acceptors (Lipinski definition) is 12. The summed E-state index contributed by atoms with van der Waals surface area (Å²) in [6.07, 6.45) is 11.4. The number of aliphatic hydroxyl groups excluding tert-OH is 5. The molecule has 1 aliphatic carbocycles. The fraction of sp³-hybridized carbons (Fsp3) is 0.697. The lowest BCUT2D eigenvalue weighted by Gasteiger charge is -2.41. The zero-order valence-electron chi connectivity index (χ0n) is 27.5. The molecule has 0 aliphatic heterocycles. The number of carbonyl (C=O) groups is 2. The molecular weight excluding hydrogens is 635 g/mol. The second-order valence-electron chi connectivity index (χ2n) is 11.3. The summed E-state index contributed by atoms with van der Waals surface area (Å²) < 4.78 is 32.9. The fourth-order valence-corrected chi connectivity index (χ4v) is 5.45. The largest absolute Gasteiger partial charge is 0.472 e. The Morgan fingerprint density at radius 1 is 0.681 bits per heavy atom. The molecule has 1 aliphatic rings. The van der Waals surface area contributed by atoms with E-state index in [4.69, 9.17) is 18.5 Å². The number of aliphatic hydroxyl groups is 5. The van der Waals surface area contributed by atoms with Crippen LogP contribution < -0.4 is 0 Å². The van der Waals surface area contributed by atoms with Gasteiger partial charge in [-0.15, -0.1) is 0 Å². The van der Waals surface area contributed by atoms with Gasteiger partial charge in [0, 0.05) is 12.8 Å². The van der Waals surface area contributed by atoms with Crippen LogP contribution in [0.5, 0.6) is 0 Å². The van der Waals surface area contributed by atoms with Gasteiger partial charge in [-0.1, -0.05) is 88.1 Å².